The Morgan fingerprint density at radius 3 is 2.54 bits per heavy atom. The molecule has 0 fully saturated rings. The highest BCUT2D eigenvalue weighted by Crippen LogP contribution is 2.06. The number of nitrogens with zero attached hydrogens (tertiary/aromatic N) is 1. The van der Waals surface area contributed by atoms with Crippen LogP contribution in [0.25, 0.3) is 0 Å². The largest absolute Gasteiger partial charge is 0.444 e. The first kappa shape index (κ1) is 20.1. The third kappa shape index (κ3) is 9.27. The normalized spacial score (nSPS) is 12.7. The molecule has 134 valence electrons. The van der Waals surface area contributed by atoms with Crippen LogP contribution in [0.4, 0.5) is 4.79 Å². The number of carbonyl (C=O) groups is 2. The van der Waals surface area contributed by atoms with Gasteiger partial charge in [-0.25, -0.2) is 4.79 Å². The standard InChI is InChI=1S/C18H29N3O3/c1-18(2,3)24-17(23)20-16(14-22)13-21(4)11-10-19-12-15-8-6-5-7-9-15/h5-9,14,16,19H,10-13H2,1-4H3,(H,20,23). The van der Waals surface area contributed by atoms with Crippen molar-refractivity contribution < 1.29 is 14.3 Å². The smallest absolute Gasteiger partial charge is 0.408 e. The second kappa shape index (κ2) is 10.1. The number of benzene rings is 1. The lowest BCUT2D eigenvalue weighted by Crippen LogP contribution is -2.46. The maximum atomic E-state index is 11.7. The lowest BCUT2D eigenvalue weighted by molar-refractivity contribution is -0.110. The molecule has 1 atom stereocenters. The van der Waals surface area contributed by atoms with Gasteiger partial charge >= 0.3 is 6.09 Å². The fraction of sp³-hybridized carbons (Fsp3) is 0.556. The molecule has 0 saturated carbocycles. The highest BCUT2D eigenvalue weighted by Gasteiger charge is 2.19. The Morgan fingerprint density at radius 2 is 1.96 bits per heavy atom. The van der Waals surface area contributed by atoms with Crippen LogP contribution in [0.3, 0.4) is 0 Å². The van der Waals surface area contributed by atoms with Gasteiger partial charge in [0.05, 0.1) is 0 Å². The number of likely N-dealkylation sites (N-methyl/N-ethyl adjacent to an activating group) is 1. The van der Waals surface area contributed by atoms with E-state index in [1.165, 1.54) is 5.56 Å². The van der Waals surface area contributed by atoms with Gasteiger partial charge in [0.25, 0.3) is 0 Å². The van der Waals surface area contributed by atoms with E-state index in [0.717, 1.165) is 25.9 Å². The molecule has 6 nitrogen and oxygen atoms in total. The first-order valence-electron chi connectivity index (χ1n) is 8.18. The molecule has 0 bridgehead atoms. The van der Waals surface area contributed by atoms with Crippen LogP contribution < -0.4 is 10.6 Å². The molecule has 1 unspecified atom stereocenters. The van der Waals surface area contributed by atoms with Crippen molar-refractivity contribution >= 4 is 12.4 Å². The van der Waals surface area contributed by atoms with Gasteiger partial charge in [-0.2, -0.15) is 0 Å². The third-order valence-corrected chi connectivity index (χ3v) is 3.22. The maximum Gasteiger partial charge on any atom is 0.408 e. The van der Waals surface area contributed by atoms with Gasteiger partial charge in [0.2, 0.25) is 0 Å². The third-order valence-electron chi connectivity index (χ3n) is 3.22. The van der Waals surface area contributed by atoms with Gasteiger partial charge in [0.15, 0.2) is 0 Å². The van der Waals surface area contributed by atoms with Crippen molar-refractivity contribution in [1.29, 1.82) is 0 Å². The Hall–Kier alpha value is -1.92. The number of nitrogens with one attached hydrogen (secondary N) is 2. The average molecular weight is 335 g/mol. The van der Waals surface area contributed by atoms with Crippen LogP contribution in [0.15, 0.2) is 30.3 Å². The van der Waals surface area contributed by atoms with E-state index in [1.807, 2.05) is 30.1 Å². The van der Waals surface area contributed by atoms with Gasteiger partial charge in [-0.15, -0.1) is 0 Å². The molecular formula is C18H29N3O3. The molecule has 0 aliphatic carbocycles. The zero-order chi connectivity index (χ0) is 18.0. The number of ether oxygens (including phenoxy) is 1. The molecule has 0 saturated heterocycles. The van der Waals surface area contributed by atoms with Crippen molar-refractivity contribution in [2.45, 2.75) is 39.0 Å². The van der Waals surface area contributed by atoms with E-state index in [9.17, 15) is 9.59 Å². The molecule has 1 rings (SSSR count). The van der Waals surface area contributed by atoms with Crippen LogP contribution in [-0.2, 0) is 16.1 Å². The predicted octanol–water partition coefficient (Wildman–Crippen LogP) is 1.80. The second-order valence-electron chi connectivity index (χ2n) is 6.81. The van der Waals surface area contributed by atoms with Crippen molar-refractivity contribution in [3.05, 3.63) is 35.9 Å². The SMILES string of the molecule is CN(CCNCc1ccccc1)CC(C=O)NC(=O)OC(C)(C)C. The van der Waals surface area contributed by atoms with Crippen LogP contribution in [-0.4, -0.2) is 55.6 Å². The number of carbonyl (C=O) groups excluding carboxylic acids is 2. The Morgan fingerprint density at radius 1 is 1.29 bits per heavy atom. The summed E-state index contributed by atoms with van der Waals surface area (Å²) >= 11 is 0. The highest BCUT2D eigenvalue weighted by molar-refractivity contribution is 5.73. The summed E-state index contributed by atoms with van der Waals surface area (Å²) in [6.45, 7) is 8.17. The molecule has 0 spiro atoms. The minimum Gasteiger partial charge on any atom is -0.444 e. The van der Waals surface area contributed by atoms with E-state index in [-0.39, 0.29) is 0 Å². The van der Waals surface area contributed by atoms with Crippen molar-refractivity contribution in [2.24, 2.45) is 0 Å². The van der Waals surface area contributed by atoms with E-state index >= 15 is 0 Å². The molecule has 0 aliphatic rings. The van der Waals surface area contributed by atoms with Crippen molar-refractivity contribution in [3.8, 4) is 0 Å². The monoisotopic (exact) mass is 335 g/mol. The van der Waals surface area contributed by atoms with Crippen molar-refractivity contribution in [3.63, 3.8) is 0 Å². The fourth-order valence-electron chi connectivity index (χ4n) is 2.11. The van der Waals surface area contributed by atoms with Gasteiger partial charge in [-0.05, 0) is 33.4 Å². The summed E-state index contributed by atoms with van der Waals surface area (Å²) in [5.41, 5.74) is 0.655. The molecule has 0 aliphatic heterocycles. The molecule has 0 aromatic heterocycles. The summed E-state index contributed by atoms with van der Waals surface area (Å²) < 4.78 is 5.16. The summed E-state index contributed by atoms with van der Waals surface area (Å²) in [5.74, 6) is 0. The van der Waals surface area contributed by atoms with Crippen molar-refractivity contribution in [2.75, 3.05) is 26.7 Å². The topological polar surface area (TPSA) is 70.7 Å². The predicted molar refractivity (Wildman–Crippen MR) is 94.9 cm³/mol. The van der Waals surface area contributed by atoms with Crippen LogP contribution in [0.2, 0.25) is 0 Å². The van der Waals surface area contributed by atoms with Crippen LogP contribution in [0.1, 0.15) is 26.3 Å². The number of aldehydes is 1. The maximum absolute atomic E-state index is 11.7. The van der Waals surface area contributed by atoms with Gasteiger partial charge < -0.3 is 25.1 Å². The zero-order valence-electron chi connectivity index (χ0n) is 15.0. The number of rotatable bonds is 9. The van der Waals surface area contributed by atoms with E-state index < -0.39 is 17.7 Å². The summed E-state index contributed by atoms with van der Waals surface area (Å²) in [5, 5.41) is 5.93. The lowest BCUT2D eigenvalue weighted by Gasteiger charge is -2.24. The van der Waals surface area contributed by atoms with E-state index in [1.54, 1.807) is 20.8 Å². The molecule has 1 aromatic carbocycles. The van der Waals surface area contributed by atoms with Crippen LogP contribution in [0.5, 0.6) is 0 Å². The number of alkyl carbamates (subject to hydrolysis) is 1. The number of hydrogen-bond acceptors (Lipinski definition) is 5. The summed E-state index contributed by atoms with van der Waals surface area (Å²) in [7, 11) is 1.91. The summed E-state index contributed by atoms with van der Waals surface area (Å²) in [4.78, 5) is 24.8. The first-order chi connectivity index (χ1) is 11.3. The quantitative estimate of drug-likeness (QED) is 0.532. The number of hydrogen-bond donors (Lipinski definition) is 2. The Labute approximate surface area is 144 Å². The molecule has 2 N–H and O–H groups in total. The minimum absolute atomic E-state index is 0.440. The van der Waals surface area contributed by atoms with Crippen LogP contribution in [0, 0.1) is 0 Å². The molecule has 6 heteroatoms. The Kier molecular flexibility index (Phi) is 8.43. The van der Waals surface area contributed by atoms with E-state index in [2.05, 4.69) is 22.8 Å². The second-order valence-corrected chi connectivity index (χ2v) is 6.81. The minimum atomic E-state index is -0.584. The zero-order valence-corrected chi connectivity index (χ0v) is 15.0. The fourth-order valence-corrected chi connectivity index (χ4v) is 2.11. The van der Waals surface area contributed by atoms with Crippen molar-refractivity contribution in [1.82, 2.24) is 15.5 Å². The Balaban J connectivity index is 2.25. The van der Waals surface area contributed by atoms with Gasteiger partial charge in [0, 0.05) is 26.2 Å². The Bertz CT molecular complexity index is 500. The van der Waals surface area contributed by atoms with Gasteiger partial charge in [-0.1, -0.05) is 30.3 Å². The highest BCUT2D eigenvalue weighted by atomic mass is 16.6. The molecule has 1 amide bonds. The van der Waals surface area contributed by atoms with Gasteiger partial charge in [-0.3, -0.25) is 0 Å². The van der Waals surface area contributed by atoms with E-state index in [0.29, 0.717) is 6.54 Å². The number of amides is 1. The molecule has 1 aromatic rings. The molecular weight excluding hydrogens is 306 g/mol. The summed E-state index contributed by atoms with van der Waals surface area (Å²) in [6, 6.07) is 9.58. The van der Waals surface area contributed by atoms with Gasteiger partial charge in [0.1, 0.15) is 17.9 Å². The molecule has 0 radical (unpaired) electrons. The molecule has 24 heavy (non-hydrogen) atoms. The van der Waals surface area contributed by atoms with E-state index in [4.69, 9.17) is 4.74 Å². The lowest BCUT2D eigenvalue weighted by atomic mass is 10.2. The first-order valence-corrected chi connectivity index (χ1v) is 8.18. The molecule has 0 heterocycles. The van der Waals surface area contributed by atoms with Crippen LogP contribution >= 0.6 is 0 Å². The average Bonchev–Trinajstić information content (AvgIpc) is 2.50. The summed E-state index contributed by atoms with van der Waals surface area (Å²) in [6.07, 6.45) is 0.160.